The lowest BCUT2D eigenvalue weighted by Gasteiger charge is -2.38. The summed E-state index contributed by atoms with van der Waals surface area (Å²) in [5.74, 6) is 0.884. The zero-order chi connectivity index (χ0) is 12.7. The molecule has 1 aliphatic heterocycles. The van der Waals surface area contributed by atoms with Crippen LogP contribution in [0.1, 0.15) is 52.9 Å². The average molecular weight is 240 g/mol. The number of hydrogen-bond donors (Lipinski definition) is 1. The standard InChI is InChI=1S/C14H28N2O/c1-4-6-7-13-9-14(15-12(3)17)11-16(10-13)8-5-2/h13-14H,4-11H2,1-3H3,(H,15,17). The Labute approximate surface area is 106 Å². The van der Waals surface area contributed by atoms with Crippen molar-refractivity contribution in [2.75, 3.05) is 19.6 Å². The van der Waals surface area contributed by atoms with Crippen LogP contribution in [-0.2, 0) is 4.79 Å². The van der Waals surface area contributed by atoms with Gasteiger partial charge in [-0.05, 0) is 31.7 Å². The largest absolute Gasteiger partial charge is 0.352 e. The number of nitrogens with one attached hydrogen (secondary N) is 1. The molecule has 3 heteroatoms. The predicted molar refractivity (Wildman–Crippen MR) is 72.0 cm³/mol. The van der Waals surface area contributed by atoms with Gasteiger partial charge in [-0.25, -0.2) is 0 Å². The molecule has 0 bridgehead atoms. The number of piperidine rings is 1. The molecule has 0 radical (unpaired) electrons. The molecule has 2 atom stereocenters. The first-order valence-corrected chi connectivity index (χ1v) is 7.15. The number of carbonyl (C=O) groups is 1. The molecule has 2 unspecified atom stereocenters. The van der Waals surface area contributed by atoms with Crippen molar-refractivity contribution in [1.29, 1.82) is 0 Å². The van der Waals surface area contributed by atoms with Gasteiger partial charge in [0.05, 0.1) is 0 Å². The number of unbranched alkanes of at least 4 members (excludes halogenated alkanes) is 1. The van der Waals surface area contributed by atoms with Gasteiger partial charge in [-0.3, -0.25) is 4.79 Å². The number of hydrogen-bond acceptors (Lipinski definition) is 2. The minimum Gasteiger partial charge on any atom is -0.352 e. The third kappa shape index (κ3) is 5.53. The molecule has 17 heavy (non-hydrogen) atoms. The molecule has 0 aromatic carbocycles. The molecule has 0 aromatic rings. The highest BCUT2D eigenvalue weighted by Crippen LogP contribution is 2.22. The molecule has 1 fully saturated rings. The Balaban J connectivity index is 2.46. The van der Waals surface area contributed by atoms with Crippen LogP contribution in [0.5, 0.6) is 0 Å². The van der Waals surface area contributed by atoms with Gasteiger partial charge in [-0.15, -0.1) is 0 Å². The van der Waals surface area contributed by atoms with E-state index < -0.39 is 0 Å². The second-order valence-electron chi connectivity index (χ2n) is 5.40. The van der Waals surface area contributed by atoms with Crippen LogP contribution in [0.4, 0.5) is 0 Å². The first-order valence-electron chi connectivity index (χ1n) is 7.15. The van der Waals surface area contributed by atoms with Crippen LogP contribution in [0, 0.1) is 5.92 Å². The zero-order valence-corrected chi connectivity index (χ0v) is 11.7. The summed E-state index contributed by atoms with van der Waals surface area (Å²) >= 11 is 0. The monoisotopic (exact) mass is 240 g/mol. The summed E-state index contributed by atoms with van der Waals surface area (Å²) in [6.45, 7) is 9.53. The number of rotatable bonds is 6. The summed E-state index contributed by atoms with van der Waals surface area (Å²) in [5, 5.41) is 3.10. The fourth-order valence-corrected chi connectivity index (χ4v) is 2.90. The molecule has 0 aromatic heterocycles. The number of nitrogens with zero attached hydrogens (tertiary/aromatic N) is 1. The van der Waals surface area contributed by atoms with Crippen molar-refractivity contribution in [1.82, 2.24) is 10.2 Å². The first-order chi connectivity index (χ1) is 8.15. The van der Waals surface area contributed by atoms with Crippen molar-refractivity contribution in [3.8, 4) is 0 Å². The van der Waals surface area contributed by atoms with Crippen molar-refractivity contribution in [2.45, 2.75) is 58.9 Å². The maximum Gasteiger partial charge on any atom is 0.217 e. The highest BCUT2D eigenvalue weighted by atomic mass is 16.1. The zero-order valence-electron chi connectivity index (χ0n) is 11.7. The molecule has 0 spiro atoms. The lowest BCUT2D eigenvalue weighted by atomic mass is 9.90. The summed E-state index contributed by atoms with van der Waals surface area (Å²) in [6, 6.07) is 0.370. The molecule has 1 saturated heterocycles. The van der Waals surface area contributed by atoms with Crippen molar-refractivity contribution in [3.63, 3.8) is 0 Å². The third-order valence-corrected chi connectivity index (χ3v) is 3.53. The van der Waals surface area contributed by atoms with Crippen LogP contribution in [0.3, 0.4) is 0 Å². The number of likely N-dealkylation sites (tertiary alicyclic amines) is 1. The summed E-state index contributed by atoms with van der Waals surface area (Å²) in [6.07, 6.45) is 6.27. The molecular formula is C14H28N2O. The number of carbonyl (C=O) groups excluding carboxylic acids is 1. The van der Waals surface area contributed by atoms with E-state index in [0.717, 1.165) is 12.5 Å². The molecule has 0 aliphatic carbocycles. The van der Waals surface area contributed by atoms with Crippen LogP contribution < -0.4 is 5.32 Å². The molecule has 1 heterocycles. The molecule has 100 valence electrons. The highest BCUT2D eigenvalue weighted by molar-refractivity contribution is 5.73. The van der Waals surface area contributed by atoms with E-state index in [4.69, 9.17) is 0 Å². The molecule has 1 N–H and O–H groups in total. The van der Waals surface area contributed by atoms with E-state index in [1.54, 1.807) is 6.92 Å². The maximum atomic E-state index is 11.2. The highest BCUT2D eigenvalue weighted by Gasteiger charge is 2.26. The van der Waals surface area contributed by atoms with Gasteiger partial charge in [0.25, 0.3) is 0 Å². The smallest absolute Gasteiger partial charge is 0.217 e. The van der Waals surface area contributed by atoms with Crippen LogP contribution >= 0.6 is 0 Å². The summed E-state index contributed by atoms with van der Waals surface area (Å²) in [5.41, 5.74) is 0. The minimum atomic E-state index is 0.114. The Kier molecular flexibility index (Phi) is 6.56. The van der Waals surface area contributed by atoms with Gasteiger partial charge < -0.3 is 10.2 Å². The fraction of sp³-hybridized carbons (Fsp3) is 0.929. The van der Waals surface area contributed by atoms with E-state index >= 15 is 0 Å². The average Bonchev–Trinajstić information content (AvgIpc) is 2.25. The van der Waals surface area contributed by atoms with Gasteiger partial charge in [0.2, 0.25) is 5.91 Å². The third-order valence-electron chi connectivity index (χ3n) is 3.53. The van der Waals surface area contributed by atoms with E-state index in [0.29, 0.717) is 6.04 Å². The van der Waals surface area contributed by atoms with Crippen LogP contribution in [0.15, 0.2) is 0 Å². The van der Waals surface area contributed by atoms with Crippen LogP contribution in [-0.4, -0.2) is 36.5 Å². The molecule has 1 aliphatic rings. The summed E-state index contributed by atoms with van der Waals surface area (Å²) < 4.78 is 0. The van der Waals surface area contributed by atoms with Gasteiger partial charge in [0, 0.05) is 26.1 Å². The van der Waals surface area contributed by atoms with Gasteiger partial charge >= 0.3 is 0 Å². The van der Waals surface area contributed by atoms with Gasteiger partial charge in [0.1, 0.15) is 0 Å². The van der Waals surface area contributed by atoms with Crippen molar-refractivity contribution < 1.29 is 4.79 Å². The topological polar surface area (TPSA) is 32.3 Å². The summed E-state index contributed by atoms with van der Waals surface area (Å²) in [4.78, 5) is 13.7. The van der Waals surface area contributed by atoms with E-state index in [9.17, 15) is 4.79 Å². The van der Waals surface area contributed by atoms with Crippen LogP contribution in [0.25, 0.3) is 0 Å². The first kappa shape index (κ1) is 14.5. The minimum absolute atomic E-state index is 0.114. The Morgan fingerprint density at radius 1 is 1.29 bits per heavy atom. The van der Waals surface area contributed by atoms with Gasteiger partial charge in [0.15, 0.2) is 0 Å². The second kappa shape index (κ2) is 7.70. The Hall–Kier alpha value is -0.570. The molecule has 1 amide bonds. The van der Waals surface area contributed by atoms with Crippen LogP contribution in [0.2, 0.25) is 0 Å². The fourth-order valence-electron chi connectivity index (χ4n) is 2.90. The maximum absolute atomic E-state index is 11.2. The van der Waals surface area contributed by atoms with E-state index in [2.05, 4.69) is 24.1 Å². The lowest BCUT2D eigenvalue weighted by Crippen LogP contribution is -2.50. The van der Waals surface area contributed by atoms with Crippen molar-refractivity contribution in [3.05, 3.63) is 0 Å². The Morgan fingerprint density at radius 2 is 2.06 bits per heavy atom. The van der Waals surface area contributed by atoms with Gasteiger partial charge in [-0.1, -0.05) is 26.7 Å². The van der Waals surface area contributed by atoms with E-state index in [-0.39, 0.29) is 5.91 Å². The van der Waals surface area contributed by atoms with E-state index in [1.165, 1.54) is 45.2 Å². The Morgan fingerprint density at radius 3 is 2.65 bits per heavy atom. The summed E-state index contributed by atoms with van der Waals surface area (Å²) in [7, 11) is 0. The number of amides is 1. The second-order valence-corrected chi connectivity index (χ2v) is 5.40. The lowest BCUT2D eigenvalue weighted by molar-refractivity contribution is -0.120. The quantitative estimate of drug-likeness (QED) is 0.773. The molecule has 1 rings (SSSR count). The normalized spacial score (nSPS) is 25.8. The predicted octanol–water partition coefficient (Wildman–Crippen LogP) is 2.41. The SMILES string of the molecule is CCCCC1CC(NC(C)=O)CN(CCC)C1. The van der Waals surface area contributed by atoms with Crippen molar-refractivity contribution in [2.24, 2.45) is 5.92 Å². The van der Waals surface area contributed by atoms with Crippen molar-refractivity contribution >= 4 is 5.91 Å². The molecule has 0 saturated carbocycles. The Bertz CT molecular complexity index is 230. The van der Waals surface area contributed by atoms with E-state index in [1.807, 2.05) is 0 Å². The molecule has 3 nitrogen and oxygen atoms in total. The van der Waals surface area contributed by atoms with Gasteiger partial charge in [-0.2, -0.15) is 0 Å². The molecular weight excluding hydrogens is 212 g/mol.